The molecule has 25 heavy (non-hydrogen) atoms. The lowest BCUT2D eigenvalue weighted by molar-refractivity contribution is -0.146. The van der Waals surface area contributed by atoms with E-state index in [9.17, 15) is 9.59 Å². The maximum absolute atomic E-state index is 13.0. The van der Waals surface area contributed by atoms with Crippen molar-refractivity contribution in [3.63, 3.8) is 0 Å². The third kappa shape index (κ3) is 3.29. The molecule has 1 aliphatic rings. The van der Waals surface area contributed by atoms with Gasteiger partial charge in [-0.15, -0.1) is 0 Å². The van der Waals surface area contributed by atoms with Crippen molar-refractivity contribution < 1.29 is 14.3 Å². The zero-order chi connectivity index (χ0) is 18.0. The van der Waals surface area contributed by atoms with Crippen molar-refractivity contribution in [1.82, 2.24) is 14.7 Å². The SMILES string of the molecule is COC(=O)C1CCN(C(=O)c2c(C)nn(-c3ccccc3)c2C)CC1. The van der Waals surface area contributed by atoms with Gasteiger partial charge in [-0.2, -0.15) is 5.10 Å². The van der Waals surface area contributed by atoms with E-state index in [2.05, 4.69) is 5.10 Å². The second-order valence-corrected chi connectivity index (χ2v) is 6.38. The topological polar surface area (TPSA) is 64.4 Å². The lowest BCUT2D eigenvalue weighted by atomic mass is 9.96. The van der Waals surface area contributed by atoms with E-state index in [4.69, 9.17) is 4.74 Å². The Morgan fingerprint density at radius 1 is 1.12 bits per heavy atom. The molecule has 0 radical (unpaired) electrons. The first-order valence-electron chi connectivity index (χ1n) is 8.51. The summed E-state index contributed by atoms with van der Waals surface area (Å²) in [6, 6.07) is 9.79. The van der Waals surface area contributed by atoms with Crippen LogP contribution >= 0.6 is 0 Å². The smallest absolute Gasteiger partial charge is 0.308 e. The van der Waals surface area contributed by atoms with E-state index < -0.39 is 0 Å². The van der Waals surface area contributed by atoms with E-state index in [1.165, 1.54) is 7.11 Å². The molecular weight excluding hydrogens is 318 g/mol. The van der Waals surface area contributed by atoms with Gasteiger partial charge in [-0.3, -0.25) is 9.59 Å². The average Bonchev–Trinajstić information content (AvgIpc) is 2.95. The molecule has 2 heterocycles. The Kier molecular flexibility index (Phi) is 4.88. The lowest BCUT2D eigenvalue weighted by Gasteiger charge is -2.30. The van der Waals surface area contributed by atoms with Crippen molar-refractivity contribution in [2.75, 3.05) is 20.2 Å². The van der Waals surface area contributed by atoms with Crippen molar-refractivity contribution >= 4 is 11.9 Å². The summed E-state index contributed by atoms with van der Waals surface area (Å²) >= 11 is 0. The number of esters is 1. The zero-order valence-corrected chi connectivity index (χ0v) is 14.9. The van der Waals surface area contributed by atoms with Crippen molar-refractivity contribution in [2.24, 2.45) is 5.92 Å². The van der Waals surface area contributed by atoms with Gasteiger partial charge in [0.2, 0.25) is 0 Å². The molecule has 1 fully saturated rings. The van der Waals surface area contributed by atoms with Gasteiger partial charge in [0, 0.05) is 13.1 Å². The van der Waals surface area contributed by atoms with Crippen LogP contribution in [0, 0.1) is 19.8 Å². The summed E-state index contributed by atoms with van der Waals surface area (Å²) < 4.78 is 6.61. The second kappa shape index (κ2) is 7.09. The molecule has 0 spiro atoms. The van der Waals surface area contributed by atoms with Crippen LogP contribution in [0.3, 0.4) is 0 Å². The normalized spacial score (nSPS) is 15.2. The van der Waals surface area contributed by atoms with E-state index in [1.807, 2.05) is 53.8 Å². The number of hydrogen-bond acceptors (Lipinski definition) is 4. The Labute approximate surface area is 147 Å². The molecule has 1 aromatic carbocycles. The average molecular weight is 341 g/mol. The number of para-hydroxylation sites is 1. The van der Waals surface area contributed by atoms with Crippen molar-refractivity contribution in [1.29, 1.82) is 0 Å². The van der Waals surface area contributed by atoms with Gasteiger partial charge in [0.15, 0.2) is 0 Å². The summed E-state index contributed by atoms with van der Waals surface area (Å²) in [7, 11) is 1.41. The number of carbonyl (C=O) groups is 2. The Morgan fingerprint density at radius 3 is 2.36 bits per heavy atom. The fourth-order valence-electron chi connectivity index (χ4n) is 3.42. The first-order chi connectivity index (χ1) is 12.0. The van der Waals surface area contributed by atoms with Crippen LogP contribution in [0.5, 0.6) is 0 Å². The van der Waals surface area contributed by atoms with Crippen LogP contribution in [-0.4, -0.2) is 46.8 Å². The number of benzene rings is 1. The summed E-state index contributed by atoms with van der Waals surface area (Å²) in [5.74, 6) is -0.305. The summed E-state index contributed by atoms with van der Waals surface area (Å²) in [4.78, 5) is 26.4. The van der Waals surface area contributed by atoms with E-state index >= 15 is 0 Å². The minimum absolute atomic E-state index is 0.0134. The van der Waals surface area contributed by atoms with Gasteiger partial charge in [-0.25, -0.2) is 4.68 Å². The summed E-state index contributed by atoms with van der Waals surface area (Å²) in [5, 5.41) is 4.55. The van der Waals surface area contributed by atoms with Crippen molar-refractivity contribution in [2.45, 2.75) is 26.7 Å². The Balaban J connectivity index is 1.80. The van der Waals surface area contributed by atoms with Gasteiger partial charge >= 0.3 is 5.97 Å². The fraction of sp³-hybridized carbons (Fsp3) is 0.421. The monoisotopic (exact) mass is 341 g/mol. The summed E-state index contributed by atoms with van der Waals surface area (Å²) in [6.07, 6.45) is 1.28. The van der Waals surface area contributed by atoms with Gasteiger partial charge in [0.25, 0.3) is 5.91 Å². The number of amides is 1. The Hall–Kier alpha value is -2.63. The van der Waals surface area contributed by atoms with E-state index in [-0.39, 0.29) is 17.8 Å². The summed E-state index contributed by atoms with van der Waals surface area (Å²) in [6.45, 7) is 4.91. The predicted molar refractivity (Wildman–Crippen MR) is 93.7 cm³/mol. The highest BCUT2D eigenvalue weighted by atomic mass is 16.5. The molecule has 1 amide bonds. The van der Waals surface area contributed by atoms with E-state index in [1.54, 1.807) is 0 Å². The fourth-order valence-corrected chi connectivity index (χ4v) is 3.42. The molecule has 0 bridgehead atoms. The standard InChI is InChI=1S/C19H23N3O3/c1-13-17(14(2)22(20-13)16-7-5-4-6-8-16)18(23)21-11-9-15(10-12-21)19(24)25-3/h4-8,15H,9-12H2,1-3H3. The van der Waals surface area contributed by atoms with Crippen LogP contribution < -0.4 is 0 Å². The minimum atomic E-state index is -0.184. The quantitative estimate of drug-likeness (QED) is 0.805. The second-order valence-electron chi connectivity index (χ2n) is 6.38. The Morgan fingerprint density at radius 2 is 1.76 bits per heavy atom. The van der Waals surface area contributed by atoms with E-state index in [0.29, 0.717) is 31.5 Å². The maximum atomic E-state index is 13.0. The highest BCUT2D eigenvalue weighted by Crippen LogP contribution is 2.24. The van der Waals surface area contributed by atoms with Crippen LogP contribution in [0.25, 0.3) is 5.69 Å². The van der Waals surface area contributed by atoms with Gasteiger partial charge in [-0.05, 0) is 38.8 Å². The number of hydrogen-bond donors (Lipinski definition) is 0. The third-order valence-corrected chi connectivity index (χ3v) is 4.82. The number of ether oxygens (including phenoxy) is 1. The number of carbonyl (C=O) groups excluding carboxylic acids is 2. The van der Waals surface area contributed by atoms with Crippen molar-refractivity contribution in [3.05, 3.63) is 47.3 Å². The number of methoxy groups -OCH3 is 1. The molecule has 6 nitrogen and oxygen atoms in total. The van der Waals surface area contributed by atoms with Crippen LogP contribution in [0.4, 0.5) is 0 Å². The molecule has 3 rings (SSSR count). The number of nitrogens with zero attached hydrogens (tertiary/aromatic N) is 3. The molecule has 0 saturated carbocycles. The van der Waals surface area contributed by atoms with Gasteiger partial charge < -0.3 is 9.64 Å². The van der Waals surface area contributed by atoms with Crippen LogP contribution in [0.1, 0.15) is 34.6 Å². The largest absolute Gasteiger partial charge is 0.469 e. The minimum Gasteiger partial charge on any atom is -0.469 e. The molecule has 132 valence electrons. The van der Waals surface area contributed by atoms with Crippen molar-refractivity contribution in [3.8, 4) is 5.69 Å². The zero-order valence-electron chi connectivity index (χ0n) is 14.9. The van der Waals surface area contributed by atoms with Crippen LogP contribution in [0.15, 0.2) is 30.3 Å². The van der Waals surface area contributed by atoms with Gasteiger partial charge in [-0.1, -0.05) is 18.2 Å². The van der Waals surface area contributed by atoms with E-state index in [0.717, 1.165) is 17.1 Å². The molecule has 0 atom stereocenters. The predicted octanol–water partition coefficient (Wildman–Crippen LogP) is 2.51. The number of rotatable bonds is 3. The number of aryl methyl sites for hydroxylation is 1. The molecule has 2 aromatic rings. The number of likely N-dealkylation sites (tertiary alicyclic amines) is 1. The molecule has 1 saturated heterocycles. The number of piperidine rings is 1. The molecule has 0 N–H and O–H groups in total. The Bertz CT molecular complexity index is 775. The highest BCUT2D eigenvalue weighted by Gasteiger charge is 2.30. The molecule has 0 aliphatic carbocycles. The van der Waals surface area contributed by atoms with Gasteiger partial charge in [0.05, 0.1) is 35.7 Å². The molecule has 1 aromatic heterocycles. The van der Waals surface area contributed by atoms with Crippen LogP contribution in [-0.2, 0) is 9.53 Å². The molecule has 0 unspecified atom stereocenters. The van der Waals surface area contributed by atoms with Gasteiger partial charge in [0.1, 0.15) is 0 Å². The first-order valence-corrected chi connectivity index (χ1v) is 8.51. The highest BCUT2D eigenvalue weighted by molar-refractivity contribution is 5.96. The first kappa shape index (κ1) is 17.2. The molecule has 1 aliphatic heterocycles. The molecular formula is C19H23N3O3. The summed E-state index contributed by atoms with van der Waals surface area (Å²) in [5.41, 5.74) is 3.15. The van der Waals surface area contributed by atoms with Crippen LogP contribution in [0.2, 0.25) is 0 Å². The lowest BCUT2D eigenvalue weighted by Crippen LogP contribution is -2.40. The maximum Gasteiger partial charge on any atom is 0.308 e. The third-order valence-electron chi connectivity index (χ3n) is 4.82. The number of aromatic nitrogens is 2. The molecule has 6 heteroatoms.